The Balaban J connectivity index is 2.30. The van der Waals surface area contributed by atoms with E-state index in [1.54, 1.807) is 41.3 Å². The summed E-state index contributed by atoms with van der Waals surface area (Å²) in [5, 5.41) is 51.2. The zero-order chi connectivity index (χ0) is 25.8. The van der Waals surface area contributed by atoms with Gasteiger partial charge in [-0.2, -0.15) is 0 Å². The summed E-state index contributed by atoms with van der Waals surface area (Å²) in [5.41, 5.74) is 1.06. The summed E-state index contributed by atoms with van der Waals surface area (Å²) in [6.45, 7) is 0.163. The van der Waals surface area contributed by atoms with Crippen LogP contribution < -0.4 is 5.32 Å². The molecule has 0 spiro atoms. The third-order valence-corrected chi connectivity index (χ3v) is 5.64. The summed E-state index contributed by atoms with van der Waals surface area (Å²) in [5.74, 6) is -3.15. The fraction of sp³-hybridized carbons (Fsp3) is 0.375. The minimum absolute atomic E-state index is 0.00971. The lowest BCUT2D eigenvalue weighted by atomic mass is 10.1. The standard InChI is InChI=1S/C24H31N3O8/c28-20-7-3-1-5-18(20)14-26(15-23(32)33)10-12-27(17-24(34)35,11-9-25-13-22(30)31)16-19-6-2-4-8-21(19)29/h1-8,25H,9-17H2,(H4-,28,29,30,31,32,33,34,35)/p+1. The van der Waals surface area contributed by atoms with E-state index in [0.29, 0.717) is 11.1 Å². The van der Waals surface area contributed by atoms with Crippen LogP contribution in [0.5, 0.6) is 11.5 Å². The number of benzene rings is 2. The van der Waals surface area contributed by atoms with Gasteiger partial charge >= 0.3 is 17.9 Å². The topological polar surface area (TPSA) is 168 Å². The highest BCUT2D eigenvalue weighted by Gasteiger charge is 2.32. The van der Waals surface area contributed by atoms with Crippen molar-refractivity contribution in [2.45, 2.75) is 13.1 Å². The van der Waals surface area contributed by atoms with Gasteiger partial charge in [-0.3, -0.25) is 14.5 Å². The number of rotatable bonds is 16. The van der Waals surface area contributed by atoms with Gasteiger partial charge in [0.1, 0.15) is 18.0 Å². The van der Waals surface area contributed by atoms with Gasteiger partial charge in [-0.05, 0) is 18.2 Å². The quantitative estimate of drug-likeness (QED) is 0.146. The largest absolute Gasteiger partial charge is 0.508 e. The molecular formula is C24H32N3O8+. The molecule has 0 aliphatic carbocycles. The van der Waals surface area contributed by atoms with E-state index in [0.717, 1.165) is 0 Å². The van der Waals surface area contributed by atoms with Crippen molar-refractivity contribution in [3.05, 3.63) is 59.7 Å². The average molecular weight is 491 g/mol. The lowest BCUT2D eigenvalue weighted by Crippen LogP contribution is -2.56. The van der Waals surface area contributed by atoms with Gasteiger partial charge in [0.25, 0.3) is 0 Å². The molecule has 190 valence electrons. The Labute approximate surface area is 203 Å². The second kappa shape index (κ2) is 13.3. The van der Waals surface area contributed by atoms with Gasteiger partial charge in [-0.25, -0.2) is 4.79 Å². The van der Waals surface area contributed by atoms with Crippen LogP contribution in [-0.4, -0.2) is 98.6 Å². The van der Waals surface area contributed by atoms with Gasteiger partial charge < -0.3 is 35.3 Å². The van der Waals surface area contributed by atoms with Crippen molar-refractivity contribution in [1.29, 1.82) is 0 Å². The summed E-state index contributed by atoms with van der Waals surface area (Å²) in [4.78, 5) is 35.8. The first-order valence-corrected chi connectivity index (χ1v) is 11.1. The van der Waals surface area contributed by atoms with E-state index < -0.39 is 17.9 Å². The normalized spacial score (nSPS) is 12.8. The molecule has 0 saturated carbocycles. The van der Waals surface area contributed by atoms with Gasteiger partial charge in [0.15, 0.2) is 6.54 Å². The fourth-order valence-corrected chi connectivity index (χ4v) is 3.93. The molecule has 0 aromatic heterocycles. The molecule has 6 N–H and O–H groups in total. The first kappa shape index (κ1) is 27.6. The maximum atomic E-state index is 11.9. The molecule has 0 radical (unpaired) electrons. The third-order valence-electron chi connectivity index (χ3n) is 5.64. The lowest BCUT2D eigenvalue weighted by Gasteiger charge is -2.39. The van der Waals surface area contributed by atoms with Gasteiger partial charge in [-0.15, -0.1) is 0 Å². The first-order chi connectivity index (χ1) is 16.6. The maximum absolute atomic E-state index is 11.9. The number of aromatic hydroxyl groups is 2. The van der Waals surface area contributed by atoms with E-state index in [9.17, 15) is 34.8 Å². The molecule has 0 aliphatic rings. The number of quaternary nitrogens is 1. The van der Waals surface area contributed by atoms with Crippen molar-refractivity contribution in [3.63, 3.8) is 0 Å². The number of phenolic OH excluding ortho intramolecular Hbond substituents is 2. The predicted molar refractivity (Wildman–Crippen MR) is 126 cm³/mol. The Morgan fingerprint density at radius 3 is 1.94 bits per heavy atom. The molecule has 0 bridgehead atoms. The highest BCUT2D eigenvalue weighted by molar-refractivity contribution is 5.69. The number of carboxylic acids is 3. The van der Waals surface area contributed by atoms with Gasteiger partial charge in [0.2, 0.25) is 0 Å². The molecule has 1 atom stereocenters. The monoisotopic (exact) mass is 490 g/mol. The molecule has 0 heterocycles. The van der Waals surface area contributed by atoms with Crippen molar-refractivity contribution in [2.75, 3.05) is 45.8 Å². The van der Waals surface area contributed by atoms with Crippen LogP contribution in [0.1, 0.15) is 11.1 Å². The van der Waals surface area contributed by atoms with E-state index in [1.807, 2.05) is 0 Å². The molecule has 35 heavy (non-hydrogen) atoms. The second-order valence-electron chi connectivity index (χ2n) is 8.43. The fourth-order valence-electron chi connectivity index (χ4n) is 3.93. The minimum atomic E-state index is -1.08. The number of carbonyl (C=O) groups is 3. The molecule has 11 heteroatoms. The number of nitrogens with one attached hydrogen (secondary N) is 1. The molecule has 0 amide bonds. The number of hydrogen-bond acceptors (Lipinski definition) is 7. The Hall–Kier alpha value is -3.67. The van der Waals surface area contributed by atoms with Crippen LogP contribution in [0.4, 0.5) is 0 Å². The van der Waals surface area contributed by atoms with E-state index in [4.69, 9.17) is 5.11 Å². The van der Waals surface area contributed by atoms with Crippen molar-refractivity contribution in [2.24, 2.45) is 0 Å². The van der Waals surface area contributed by atoms with Crippen molar-refractivity contribution < 1.29 is 44.4 Å². The van der Waals surface area contributed by atoms with Crippen LogP contribution in [0.15, 0.2) is 48.5 Å². The average Bonchev–Trinajstić information content (AvgIpc) is 2.77. The van der Waals surface area contributed by atoms with E-state index in [-0.39, 0.29) is 74.9 Å². The zero-order valence-electron chi connectivity index (χ0n) is 19.3. The van der Waals surface area contributed by atoms with E-state index in [1.165, 1.54) is 12.1 Å². The van der Waals surface area contributed by atoms with Crippen LogP contribution in [0.3, 0.4) is 0 Å². The van der Waals surface area contributed by atoms with Gasteiger partial charge in [0, 0.05) is 30.8 Å². The highest BCUT2D eigenvalue weighted by Crippen LogP contribution is 2.23. The smallest absolute Gasteiger partial charge is 0.359 e. The van der Waals surface area contributed by atoms with Gasteiger partial charge in [-0.1, -0.05) is 30.3 Å². The highest BCUT2D eigenvalue weighted by atomic mass is 16.4. The zero-order valence-corrected chi connectivity index (χ0v) is 19.3. The number of nitrogens with zero attached hydrogens (tertiary/aromatic N) is 2. The molecule has 11 nitrogen and oxygen atoms in total. The molecule has 0 fully saturated rings. The van der Waals surface area contributed by atoms with Crippen molar-refractivity contribution >= 4 is 17.9 Å². The SMILES string of the molecule is O=C(O)CNCC[N+](CCN(CC(=O)O)Cc1ccccc1O)(CC(=O)O)Cc1ccccc1O. The molecule has 0 saturated heterocycles. The van der Waals surface area contributed by atoms with Gasteiger partial charge in [0.05, 0.1) is 26.2 Å². The summed E-state index contributed by atoms with van der Waals surface area (Å²) < 4.78 is -0.0591. The number of aliphatic carboxylic acids is 3. The molecule has 2 aromatic carbocycles. The molecule has 1 unspecified atom stereocenters. The Morgan fingerprint density at radius 1 is 0.800 bits per heavy atom. The number of para-hydroxylation sites is 2. The predicted octanol–water partition coefficient (Wildman–Crippen LogP) is 0.760. The minimum Gasteiger partial charge on any atom is -0.508 e. The van der Waals surface area contributed by atoms with Crippen LogP contribution in [0, 0.1) is 0 Å². The van der Waals surface area contributed by atoms with E-state index in [2.05, 4.69) is 5.32 Å². The number of carboxylic acid groups (broad SMARTS) is 3. The van der Waals surface area contributed by atoms with Crippen molar-refractivity contribution in [3.8, 4) is 11.5 Å². The summed E-state index contributed by atoms with van der Waals surface area (Å²) in [7, 11) is 0. The summed E-state index contributed by atoms with van der Waals surface area (Å²) in [6.07, 6.45) is 0. The van der Waals surface area contributed by atoms with E-state index >= 15 is 0 Å². The Kier molecular flexibility index (Phi) is 10.5. The molecular weight excluding hydrogens is 458 g/mol. The third kappa shape index (κ3) is 9.61. The molecule has 2 rings (SSSR count). The van der Waals surface area contributed by atoms with Crippen molar-refractivity contribution in [1.82, 2.24) is 10.2 Å². The van der Waals surface area contributed by atoms with Crippen LogP contribution >= 0.6 is 0 Å². The molecule has 2 aromatic rings. The number of hydrogen-bond donors (Lipinski definition) is 6. The maximum Gasteiger partial charge on any atom is 0.359 e. The Bertz CT molecular complexity index is 1020. The summed E-state index contributed by atoms with van der Waals surface area (Å²) in [6, 6.07) is 13.1. The van der Waals surface area contributed by atoms with Crippen LogP contribution in [-0.2, 0) is 27.5 Å². The summed E-state index contributed by atoms with van der Waals surface area (Å²) >= 11 is 0. The first-order valence-electron chi connectivity index (χ1n) is 11.1. The number of phenols is 2. The Morgan fingerprint density at radius 2 is 1.40 bits per heavy atom. The second-order valence-corrected chi connectivity index (χ2v) is 8.43. The van der Waals surface area contributed by atoms with Crippen LogP contribution in [0.25, 0.3) is 0 Å². The lowest BCUT2D eigenvalue weighted by molar-refractivity contribution is -0.932. The van der Waals surface area contributed by atoms with Crippen LogP contribution in [0.2, 0.25) is 0 Å². The molecule has 0 aliphatic heterocycles.